The molecule has 0 aromatic carbocycles. The van der Waals surface area contributed by atoms with Crippen molar-refractivity contribution in [3.8, 4) is 22.4 Å². The van der Waals surface area contributed by atoms with Gasteiger partial charge < -0.3 is 5.32 Å². The van der Waals surface area contributed by atoms with Gasteiger partial charge in [0.05, 0.1) is 18.1 Å². The lowest BCUT2D eigenvalue weighted by atomic mass is 10.2. The molecule has 8 heteroatoms. The second-order valence-corrected chi connectivity index (χ2v) is 5.74. The van der Waals surface area contributed by atoms with Gasteiger partial charge in [-0.1, -0.05) is 6.07 Å². The van der Waals surface area contributed by atoms with Gasteiger partial charge in [-0.2, -0.15) is 5.10 Å². The van der Waals surface area contributed by atoms with Crippen molar-refractivity contribution in [3.63, 3.8) is 0 Å². The Morgan fingerprint density at radius 3 is 2.56 bits per heavy atom. The molecule has 0 aliphatic heterocycles. The van der Waals surface area contributed by atoms with Crippen molar-refractivity contribution in [1.29, 1.82) is 0 Å². The average molecular weight is 357 g/mol. The first-order valence-electron chi connectivity index (χ1n) is 8.23. The number of carbonyl (C=O) groups excluding carboxylic acids is 1. The molecule has 0 bridgehead atoms. The maximum Gasteiger partial charge on any atom is 0.247 e. The average Bonchev–Trinajstić information content (AvgIpc) is 3.18. The molecule has 1 N–H and O–H groups in total. The number of hydrogen-bond acceptors (Lipinski definition) is 6. The molecule has 4 heterocycles. The van der Waals surface area contributed by atoms with Crippen LogP contribution in [0.3, 0.4) is 0 Å². The molecule has 0 saturated heterocycles. The monoisotopic (exact) mass is 357 g/mol. The molecule has 4 rings (SSSR count). The van der Waals surface area contributed by atoms with Crippen molar-refractivity contribution in [2.75, 3.05) is 5.32 Å². The fourth-order valence-corrected chi connectivity index (χ4v) is 2.53. The molecule has 0 atom stereocenters. The molecule has 0 radical (unpaired) electrons. The van der Waals surface area contributed by atoms with Crippen LogP contribution in [0.2, 0.25) is 0 Å². The Morgan fingerprint density at radius 2 is 1.81 bits per heavy atom. The van der Waals surface area contributed by atoms with E-state index in [-0.39, 0.29) is 12.5 Å². The van der Waals surface area contributed by atoms with E-state index in [9.17, 15) is 4.79 Å². The summed E-state index contributed by atoms with van der Waals surface area (Å²) >= 11 is 0. The molecule has 0 aliphatic rings. The van der Waals surface area contributed by atoms with Crippen LogP contribution >= 0.6 is 0 Å². The van der Waals surface area contributed by atoms with E-state index in [2.05, 4.69) is 30.4 Å². The minimum atomic E-state index is -0.212. The highest BCUT2D eigenvalue weighted by Gasteiger charge is 2.08. The topological polar surface area (TPSA) is 98.5 Å². The molecule has 0 fully saturated rings. The Kier molecular flexibility index (Phi) is 4.60. The van der Waals surface area contributed by atoms with Crippen molar-refractivity contribution >= 4 is 11.7 Å². The summed E-state index contributed by atoms with van der Waals surface area (Å²) in [4.78, 5) is 28.8. The lowest BCUT2D eigenvalue weighted by Crippen LogP contribution is -2.19. The van der Waals surface area contributed by atoms with Gasteiger partial charge in [-0.3, -0.25) is 24.4 Å². The summed E-state index contributed by atoms with van der Waals surface area (Å²) in [6, 6.07) is 7.36. The third kappa shape index (κ3) is 4.01. The lowest BCUT2D eigenvalue weighted by molar-refractivity contribution is -0.116. The minimum Gasteiger partial charge on any atom is -0.309 e. The van der Waals surface area contributed by atoms with Gasteiger partial charge in [0.25, 0.3) is 0 Å². The Hall–Kier alpha value is -3.94. The number of nitrogens with one attached hydrogen (secondary N) is 1. The largest absolute Gasteiger partial charge is 0.309 e. The first-order valence-corrected chi connectivity index (χ1v) is 8.23. The molecule has 0 saturated carbocycles. The number of amides is 1. The number of aromatic nitrogens is 6. The second kappa shape index (κ2) is 7.52. The fraction of sp³-hybridized carbons (Fsp3) is 0.0526. The summed E-state index contributed by atoms with van der Waals surface area (Å²) < 4.78 is 1.57. The zero-order chi connectivity index (χ0) is 18.5. The highest BCUT2D eigenvalue weighted by atomic mass is 16.2. The molecule has 27 heavy (non-hydrogen) atoms. The van der Waals surface area contributed by atoms with Crippen LogP contribution in [0.1, 0.15) is 0 Å². The molecule has 8 nitrogen and oxygen atoms in total. The Labute approximate surface area is 155 Å². The van der Waals surface area contributed by atoms with Gasteiger partial charge in [-0.25, -0.2) is 4.98 Å². The summed E-state index contributed by atoms with van der Waals surface area (Å²) in [7, 11) is 0. The fourth-order valence-electron chi connectivity index (χ4n) is 2.53. The van der Waals surface area contributed by atoms with Crippen LogP contribution in [-0.2, 0) is 11.3 Å². The summed E-state index contributed by atoms with van der Waals surface area (Å²) in [5.74, 6) is 0.253. The molecule has 1 amide bonds. The molecule has 0 aliphatic carbocycles. The maximum atomic E-state index is 12.2. The standard InChI is InChI=1S/C19H15N7O/c27-19(13-26-12-16(10-24-26)14-2-1-5-20-8-14)25-18-4-3-15(9-23-18)17-11-21-6-7-22-17/h1-12H,13H2,(H,23,25,27). The second-order valence-electron chi connectivity index (χ2n) is 5.74. The minimum absolute atomic E-state index is 0.0911. The predicted octanol–water partition coefficient (Wildman–Crippen LogP) is 2.44. The summed E-state index contributed by atoms with van der Waals surface area (Å²) in [5, 5.41) is 6.98. The van der Waals surface area contributed by atoms with Crippen molar-refractivity contribution in [2.24, 2.45) is 0 Å². The van der Waals surface area contributed by atoms with Crippen LogP contribution in [0, 0.1) is 0 Å². The van der Waals surface area contributed by atoms with Crippen LogP contribution in [0.25, 0.3) is 22.4 Å². The van der Waals surface area contributed by atoms with Crippen LogP contribution in [0.15, 0.2) is 73.8 Å². The normalized spacial score (nSPS) is 10.5. The number of pyridine rings is 2. The summed E-state index contributed by atoms with van der Waals surface area (Å²) in [6.45, 7) is 0.0911. The highest BCUT2D eigenvalue weighted by Crippen LogP contribution is 2.17. The van der Waals surface area contributed by atoms with Gasteiger partial charge in [-0.05, 0) is 18.2 Å². The Morgan fingerprint density at radius 1 is 0.889 bits per heavy atom. The summed E-state index contributed by atoms with van der Waals surface area (Å²) in [6.07, 6.45) is 13.5. The van der Waals surface area contributed by atoms with E-state index in [0.717, 1.165) is 22.4 Å². The maximum absolute atomic E-state index is 12.2. The lowest BCUT2D eigenvalue weighted by Gasteiger charge is -2.05. The van der Waals surface area contributed by atoms with E-state index in [1.807, 2.05) is 18.2 Å². The van der Waals surface area contributed by atoms with Crippen LogP contribution in [0.5, 0.6) is 0 Å². The Bertz CT molecular complexity index is 1030. The van der Waals surface area contributed by atoms with Gasteiger partial charge in [0.15, 0.2) is 0 Å². The van der Waals surface area contributed by atoms with Gasteiger partial charge in [-0.15, -0.1) is 0 Å². The van der Waals surface area contributed by atoms with Crippen molar-refractivity contribution < 1.29 is 4.79 Å². The van der Waals surface area contributed by atoms with Crippen LogP contribution in [-0.4, -0.2) is 35.6 Å². The first-order chi connectivity index (χ1) is 13.3. The number of nitrogens with zero attached hydrogens (tertiary/aromatic N) is 6. The molecule has 4 aromatic heterocycles. The third-order valence-electron chi connectivity index (χ3n) is 3.82. The van der Waals surface area contributed by atoms with Crippen molar-refractivity contribution in [2.45, 2.75) is 6.54 Å². The van der Waals surface area contributed by atoms with Crippen LogP contribution in [0.4, 0.5) is 5.82 Å². The van der Waals surface area contributed by atoms with Crippen molar-refractivity contribution in [3.05, 3.63) is 73.8 Å². The van der Waals surface area contributed by atoms with Gasteiger partial charge in [0, 0.05) is 53.9 Å². The quantitative estimate of drug-likeness (QED) is 0.589. The zero-order valence-corrected chi connectivity index (χ0v) is 14.2. The smallest absolute Gasteiger partial charge is 0.247 e. The van der Waals surface area contributed by atoms with Gasteiger partial charge in [0.1, 0.15) is 12.4 Å². The van der Waals surface area contributed by atoms with Crippen molar-refractivity contribution in [1.82, 2.24) is 29.7 Å². The predicted molar refractivity (Wildman–Crippen MR) is 99.4 cm³/mol. The number of carbonyl (C=O) groups is 1. The molecule has 0 unspecified atom stereocenters. The molecule has 4 aromatic rings. The zero-order valence-electron chi connectivity index (χ0n) is 14.2. The summed E-state index contributed by atoms with van der Waals surface area (Å²) in [5.41, 5.74) is 3.41. The number of anilines is 1. The van der Waals surface area contributed by atoms with E-state index in [1.54, 1.807) is 60.3 Å². The van der Waals surface area contributed by atoms with E-state index >= 15 is 0 Å². The van der Waals surface area contributed by atoms with Gasteiger partial charge >= 0.3 is 0 Å². The molecular weight excluding hydrogens is 342 g/mol. The molecule has 0 spiro atoms. The van der Waals surface area contributed by atoms with E-state index in [4.69, 9.17) is 0 Å². The number of rotatable bonds is 5. The third-order valence-corrected chi connectivity index (χ3v) is 3.82. The van der Waals surface area contributed by atoms with Gasteiger partial charge in [0.2, 0.25) is 5.91 Å². The Balaban J connectivity index is 1.39. The molecular formula is C19H15N7O. The van der Waals surface area contributed by atoms with E-state index in [0.29, 0.717) is 5.82 Å². The SMILES string of the molecule is O=C(Cn1cc(-c2cccnc2)cn1)Nc1ccc(-c2cnccn2)cn1. The van der Waals surface area contributed by atoms with E-state index in [1.165, 1.54) is 0 Å². The first kappa shape index (κ1) is 16.5. The molecule has 132 valence electrons. The number of hydrogen-bond donors (Lipinski definition) is 1. The van der Waals surface area contributed by atoms with E-state index < -0.39 is 0 Å². The van der Waals surface area contributed by atoms with Crippen LogP contribution < -0.4 is 5.32 Å². The highest BCUT2D eigenvalue weighted by molar-refractivity contribution is 5.89.